The number of aromatic nitrogens is 3. The number of hydrogen-bond acceptors (Lipinski definition) is 10. The number of likely N-dealkylation sites (tertiary alicyclic amines) is 2. The molecule has 1 saturated carbocycles. The van der Waals surface area contributed by atoms with Gasteiger partial charge >= 0.3 is 0 Å². The lowest BCUT2D eigenvalue weighted by Gasteiger charge is -2.42. The third kappa shape index (κ3) is 10.1. The Morgan fingerprint density at radius 3 is 2.33 bits per heavy atom. The van der Waals surface area contributed by atoms with Gasteiger partial charge in [-0.15, -0.1) is 0 Å². The van der Waals surface area contributed by atoms with Crippen molar-refractivity contribution in [2.75, 3.05) is 43.4 Å². The summed E-state index contributed by atoms with van der Waals surface area (Å²) in [4.78, 5) is 62.5. The van der Waals surface area contributed by atoms with Crippen LogP contribution in [-0.2, 0) is 14.4 Å². The quantitative estimate of drug-likeness (QED) is 0.138. The van der Waals surface area contributed by atoms with E-state index in [1.807, 2.05) is 12.1 Å². The number of halogens is 2. The second-order valence-electron chi connectivity index (χ2n) is 16.6. The molecule has 4 fully saturated rings. The number of piperidine rings is 3. The van der Waals surface area contributed by atoms with Gasteiger partial charge in [0, 0.05) is 66.7 Å². The number of nitrogens with zero attached hydrogens (tertiary/aromatic N) is 5. The SMILES string of the molecule is O=C1CCC(Nc2ccc(C3CCN(C4CCN(CCC(=O)N[C@H]5CC[C@H](Nc6ncc(F)c(-c7cccc(-n8ccccc8=O)c7)n6)CC5)CC4)CC3)c(F)c2)C(=O)N1. The number of pyridine rings is 1. The first-order valence-electron chi connectivity index (χ1n) is 21.4. The Labute approximate surface area is 348 Å². The summed E-state index contributed by atoms with van der Waals surface area (Å²) < 4.78 is 31.7. The molecule has 0 spiro atoms. The molecule has 4 N–H and O–H groups in total. The van der Waals surface area contributed by atoms with Gasteiger partial charge in [0.15, 0.2) is 5.82 Å². The normalized spacial score (nSPS) is 22.3. The highest BCUT2D eigenvalue weighted by atomic mass is 19.1. The van der Waals surface area contributed by atoms with E-state index in [4.69, 9.17) is 0 Å². The summed E-state index contributed by atoms with van der Waals surface area (Å²) in [7, 11) is 0. The molecule has 1 aliphatic carbocycles. The molecule has 1 unspecified atom stereocenters. The maximum absolute atomic E-state index is 15.2. The molecule has 2 aromatic carbocycles. The van der Waals surface area contributed by atoms with Crippen LogP contribution in [0.4, 0.5) is 20.4 Å². The molecule has 0 bridgehead atoms. The first kappa shape index (κ1) is 41.2. The van der Waals surface area contributed by atoms with Crippen molar-refractivity contribution in [3.05, 3.63) is 101 Å². The molecule has 3 amide bonds. The Hall–Kier alpha value is -5.54. The number of hydrogen-bond donors (Lipinski definition) is 4. The Bertz CT molecular complexity index is 2230. The van der Waals surface area contributed by atoms with Gasteiger partial charge in [0.25, 0.3) is 5.56 Å². The first-order valence-corrected chi connectivity index (χ1v) is 21.4. The van der Waals surface area contributed by atoms with Crippen LogP contribution in [0.1, 0.15) is 82.1 Å². The zero-order chi connectivity index (χ0) is 41.6. The van der Waals surface area contributed by atoms with E-state index in [1.165, 1.54) is 22.9 Å². The molecule has 2 aromatic heterocycles. The van der Waals surface area contributed by atoms with Crippen molar-refractivity contribution in [2.45, 2.75) is 101 Å². The van der Waals surface area contributed by atoms with Gasteiger partial charge < -0.3 is 25.8 Å². The monoisotopic (exact) mass is 821 g/mol. The Morgan fingerprint density at radius 2 is 1.58 bits per heavy atom. The van der Waals surface area contributed by atoms with Gasteiger partial charge in [0.2, 0.25) is 23.7 Å². The second kappa shape index (κ2) is 18.8. The summed E-state index contributed by atoms with van der Waals surface area (Å²) in [5.74, 6) is -0.888. The fourth-order valence-electron chi connectivity index (χ4n) is 9.27. The number of benzene rings is 2. The molecule has 13 nitrogen and oxygen atoms in total. The van der Waals surface area contributed by atoms with Crippen LogP contribution in [-0.4, -0.2) is 98.9 Å². The van der Waals surface area contributed by atoms with E-state index >= 15 is 4.39 Å². The summed E-state index contributed by atoms with van der Waals surface area (Å²) in [5.41, 5.74) is 2.40. The van der Waals surface area contributed by atoms with Crippen LogP contribution in [0.15, 0.2) is 77.9 Å². The van der Waals surface area contributed by atoms with Crippen LogP contribution in [0.3, 0.4) is 0 Å². The second-order valence-corrected chi connectivity index (χ2v) is 16.6. The number of rotatable bonds is 12. The van der Waals surface area contributed by atoms with E-state index in [0.717, 1.165) is 89.7 Å². The lowest BCUT2D eigenvalue weighted by atomic mass is 9.87. The number of amides is 3. The standard InChI is InChI=1S/C45H53F2N9O4/c46-37-27-33(49-39-13-14-40(57)52-44(39)60)11-12-36(37)29-15-24-55(25-16-29)34-17-21-54(22-18-34)23-19-41(58)50-31-7-9-32(10-8-31)51-45-48-28-38(47)43(53-45)30-4-3-5-35(26-30)56-20-2-1-6-42(56)59/h1-6,11-12,20,26-29,31-32,34,39,49H,7-10,13-19,21-25H2,(H,50,58)(H,48,51,53)(H,52,57,60)/t31-,32-,39?. The highest BCUT2D eigenvalue weighted by Gasteiger charge is 2.31. The van der Waals surface area contributed by atoms with Crippen LogP contribution >= 0.6 is 0 Å². The van der Waals surface area contributed by atoms with Crippen molar-refractivity contribution in [3.63, 3.8) is 0 Å². The Kier molecular flexibility index (Phi) is 12.9. The first-order chi connectivity index (χ1) is 29.1. The molecule has 3 aliphatic heterocycles. The van der Waals surface area contributed by atoms with Gasteiger partial charge in [0.05, 0.1) is 6.20 Å². The maximum atomic E-state index is 15.2. The van der Waals surface area contributed by atoms with Gasteiger partial charge in [-0.2, -0.15) is 0 Å². The molecular weight excluding hydrogens is 769 g/mol. The summed E-state index contributed by atoms with van der Waals surface area (Å²) in [5, 5.41) is 12.0. The Balaban J connectivity index is 0.725. The molecular formula is C45H53F2N9O4. The lowest BCUT2D eigenvalue weighted by molar-refractivity contribution is -0.133. The highest BCUT2D eigenvalue weighted by Crippen LogP contribution is 2.34. The third-order valence-electron chi connectivity index (χ3n) is 12.7. The number of nitrogens with one attached hydrogen (secondary N) is 4. The predicted molar refractivity (Wildman–Crippen MR) is 225 cm³/mol. The molecule has 8 rings (SSSR count). The smallest absolute Gasteiger partial charge is 0.255 e. The Morgan fingerprint density at radius 1 is 0.800 bits per heavy atom. The minimum atomic E-state index is -0.548. The van der Waals surface area contributed by atoms with Crippen molar-refractivity contribution in [1.29, 1.82) is 0 Å². The van der Waals surface area contributed by atoms with Crippen LogP contribution in [0.25, 0.3) is 16.9 Å². The third-order valence-corrected chi connectivity index (χ3v) is 12.7. The van der Waals surface area contributed by atoms with Crippen molar-refractivity contribution in [3.8, 4) is 16.9 Å². The summed E-state index contributed by atoms with van der Waals surface area (Å²) >= 11 is 0. The van der Waals surface area contributed by atoms with Gasteiger partial charge in [-0.3, -0.25) is 29.1 Å². The molecule has 1 atom stereocenters. The van der Waals surface area contributed by atoms with E-state index in [-0.39, 0.29) is 59.2 Å². The van der Waals surface area contributed by atoms with E-state index in [2.05, 4.69) is 41.0 Å². The van der Waals surface area contributed by atoms with E-state index in [9.17, 15) is 23.6 Å². The number of carbonyl (C=O) groups excluding carboxylic acids is 3. The van der Waals surface area contributed by atoms with Crippen molar-refractivity contribution < 1.29 is 23.2 Å². The molecule has 5 heterocycles. The maximum Gasteiger partial charge on any atom is 0.255 e. The number of imide groups is 1. The fourth-order valence-corrected chi connectivity index (χ4v) is 9.27. The molecule has 0 radical (unpaired) electrons. The lowest BCUT2D eigenvalue weighted by Crippen LogP contribution is -2.48. The minimum Gasteiger partial charge on any atom is -0.374 e. The average Bonchev–Trinajstić information content (AvgIpc) is 3.26. The van der Waals surface area contributed by atoms with Crippen molar-refractivity contribution >= 4 is 29.4 Å². The van der Waals surface area contributed by atoms with Crippen molar-refractivity contribution in [1.82, 2.24) is 35.0 Å². The highest BCUT2D eigenvalue weighted by molar-refractivity contribution is 6.01. The predicted octanol–water partition coefficient (Wildman–Crippen LogP) is 5.36. The van der Waals surface area contributed by atoms with Gasteiger partial charge in [-0.25, -0.2) is 18.7 Å². The van der Waals surface area contributed by atoms with Gasteiger partial charge in [0.1, 0.15) is 17.6 Å². The number of anilines is 2. The van der Waals surface area contributed by atoms with Crippen LogP contribution < -0.4 is 26.8 Å². The van der Waals surface area contributed by atoms with Gasteiger partial charge in [-0.05, 0) is 126 Å². The molecule has 316 valence electrons. The topological polar surface area (TPSA) is 154 Å². The van der Waals surface area contributed by atoms with E-state index < -0.39 is 11.9 Å². The average molecular weight is 822 g/mol. The number of carbonyl (C=O) groups is 3. The summed E-state index contributed by atoms with van der Waals surface area (Å²) in [6, 6.07) is 17.3. The van der Waals surface area contributed by atoms with Crippen LogP contribution in [0.5, 0.6) is 0 Å². The minimum absolute atomic E-state index is 0.0779. The van der Waals surface area contributed by atoms with E-state index in [0.29, 0.717) is 41.8 Å². The zero-order valence-electron chi connectivity index (χ0n) is 33.8. The fraction of sp³-hybridized carbons (Fsp3) is 0.467. The van der Waals surface area contributed by atoms with Crippen LogP contribution in [0, 0.1) is 11.6 Å². The van der Waals surface area contributed by atoms with Crippen molar-refractivity contribution in [2.24, 2.45) is 0 Å². The van der Waals surface area contributed by atoms with Crippen LogP contribution in [0.2, 0.25) is 0 Å². The van der Waals surface area contributed by atoms with E-state index in [1.54, 1.807) is 42.6 Å². The molecule has 4 aliphatic rings. The molecule has 3 saturated heterocycles. The van der Waals surface area contributed by atoms with Gasteiger partial charge in [-0.1, -0.05) is 24.3 Å². The summed E-state index contributed by atoms with van der Waals surface area (Å²) in [6.07, 6.45) is 11.2. The molecule has 60 heavy (non-hydrogen) atoms. The molecule has 15 heteroatoms. The largest absolute Gasteiger partial charge is 0.374 e. The zero-order valence-corrected chi connectivity index (χ0v) is 33.8. The molecule has 4 aromatic rings. The summed E-state index contributed by atoms with van der Waals surface area (Å²) in [6.45, 7) is 4.50.